The van der Waals surface area contributed by atoms with Gasteiger partial charge in [-0.15, -0.1) is 10.2 Å². The molecule has 1 aliphatic heterocycles. The highest BCUT2D eigenvalue weighted by Gasteiger charge is 2.11. The summed E-state index contributed by atoms with van der Waals surface area (Å²) in [6, 6.07) is 18.4. The Labute approximate surface area is 180 Å². The zero-order valence-corrected chi connectivity index (χ0v) is 17.8. The standard InChI is InChI=1S/C22H21Cl2N3S/c23-19-9-4-16(14-20(19)24)15-28-22-11-10-21(25-26-22)17-5-7-18(8-6-17)27-12-2-1-3-13-27/h4-11,14H,1-3,12-13,15H2. The minimum atomic E-state index is 0.575. The van der Waals surface area contributed by atoms with Crippen molar-refractivity contribution in [1.29, 1.82) is 0 Å². The van der Waals surface area contributed by atoms with Gasteiger partial charge in [0.15, 0.2) is 0 Å². The van der Waals surface area contributed by atoms with E-state index in [1.807, 2.05) is 30.3 Å². The number of piperidine rings is 1. The van der Waals surface area contributed by atoms with Crippen LogP contribution in [0, 0.1) is 0 Å². The number of hydrogen-bond acceptors (Lipinski definition) is 4. The summed E-state index contributed by atoms with van der Waals surface area (Å²) in [5, 5.41) is 10.8. The van der Waals surface area contributed by atoms with Gasteiger partial charge in [-0.2, -0.15) is 0 Å². The van der Waals surface area contributed by atoms with Crippen molar-refractivity contribution in [3.8, 4) is 11.3 Å². The van der Waals surface area contributed by atoms with Crippen molar-refractivity contribution in [2.45, 2.75) is 30.0 Å². The molecule has 0 unspecified atom stereocenters. The first-order chi connectivity index (χ1) is 13.7. The van der Waals surface area contributed by atoms with Crippen LogP contribution >= 0.6 is 35.0 Å². The Balaban J connectivity index is 1.39. The van der Waals surface area contributed by atoms with Crippen molar-refractivity contribution in [2.75, 3.05) is 18.0 Å². The predicted octanol–water partition coefficient (Wildman–Crippen LogP) is 6.73. The minimum absolute atomic E-state index is 0.575. The molecule has 0 N–H and O–H groups in total. The lowest BCUT2D eigenvalue weighted by atomic mass is 10.1. The highest BCUT2D eigenvalue weighted by atomic mass is 35.5. The second kappa shape index (κ2) is 9.17. The molecule has 0 saturated carbocycles. The monoisotopic (exact) mass is 429 g/mol. The van der Waals surface area contributed by atoms with Gasteiger partial charge in [0.2, 0.25) is 0 Å². The first-order valence-corrected chi connectivity index (χ1v) is 11.2. The molecule has 0 aliphatic carbocycles. The zero-order chi connectivity index (χ0) is 19.3. The van der Waals surface area contributed by atoms with Gasteiger partial charge < -0.3 is 4.90 Å². The van der Waals surface area contributed by atoms with Crippen LogP contribution in [0.25, 0.3) is 11.3 Å². The molecule has 0 bridgehead atoms. The number of nitrogens with zero attached hydrogens (tertiary/aromatic N) is 3. The summed E-state index contributed by atoms with van der Waals surface area (Å²) in [7, 11) is 0. The number of aromatic nitrogens is 2. The van der Waals surface area contributed by atoms with E-state index in [2.05, 4.69) is 39.4 Å². The number of hydrogen-bond donors (Lipinski definition) is 0. The third-order valence-corrected chi connectivity index (χ3v) is 6.63. The maximum Gasteiger partial charge on any atom is 0.119 e. The largest absolute Gasteiger partial charge is 0.372 e. The predicted molar refractivity (Wildman–Crippen MR) is 120 cm³/mol. The Bertz CT molecular complexity index is 924. The Kier molecular flexibility index (Phi) is 6.40. The second-order valence-corrected chi connectivity index (χ2v) is 8.70. The molecule has 3 aromatic rings. The van der Waals surface area contributed by atoms with Crippen molar-refractivity contribution in [2.24, 2.45) is 0 Å². The van der Waals surface area contributed by atoms with Gasteiger partial charge in [-0.25, -0.2) is 0 Å². The number of rotatable bonds is 5. The average Bonchev–Trinajstić information content (AvgIpc) is 2.76. The minimum Gasteiger partial charge on any atom is -0.372 e. The Morgan fingerprint density at radius 2 is 1.61 bits per heavy atom. The molecule has 4 rings (SSSR count). The van der Waals surface area contributed by atoms with E-state index in [1.165, 1.54) is 24.9 Å². The third-order valence-electron chi connectivity index (χ3n) is 4.90. The van der Waals surface area contributed by atoms with Crippen LogP contribution in [0.4, 0.5) is 5.69 Å². The molecule has 0 atom stereocenters. The lowest BCUT2D eigenvalue weighted by Crippen LogP contribution is -2.29. The van der Waals surface area contributed by atoms with Crippen molar-refractivity contribution in [1.82, 2.24) is 10.2 Å². The van der Waals surface area contributed by atoms with E-state index in [9.17, 15) is 0 Å². The van der Waals surface area contributed by atoms with Crippen molar-refractivity contribution in [3.63, 3.8) is 0 Å². The molecule has 1 saturated heterocycles. The molecule has 1 fully saturated rings. The van der Waals surface area contributed by atoms with E-state index in [0.717, 1.165) is 40.7 Å². The fourth-order valence-electron chi connectivity index (χ4n) is 3.33. The van der Waals surface area contributed by atoms with E-state index in [0.29, 0.717) is 10.0 Å². The van der Waals surface area contributed by atoms with Crippen LogP contribution < -0.4 is 4.90 Å². The van der Waals surface area contributed by atoms with E-state index in [4.69, 9.17) is 23.2 Å². The number of thioether (sulfide) groups is 1. The van der Waals surface area contributed by atoms with Crippen molar-refractivity contribution < 1.29 is 0 Å². The first-order valence-electron chi connectivity index (χ1n) is 9.45. The Morgan fingerprint density at radius 1 is 0.821 bits per heavy atom. The number of halogens is 2. The normalized spacial score (nSPS) is 14.3. The molecule has 0 spiro atoms. The summed E-state index contributed by atoms with van der Waals surface area (Å²) in [5.41, 5.74) is 4.39. The SMILES string of the molecule is Clc1ccc(CSc2ccc(-c3ccc(N4CCCCC4)cc3)nn2)cc1Cl. The van der Waals surface area contributed by atoms with Crippen LogP contribution in [0.5, 0.6) is 0 Å². The lowest BCUT2D eigenvalue weighted by Gasteiger charge is -2.28. The van der Waals surface area contributed by atoms with Gasteiger partial charge in [0.1, 0.15) is 5.03 Å². The van der Waals surface area contributed by atoms with Crippen molar-refractivity contribution in [3.05, 3.63) is 70.2 Å². The lowest BCUT2D eigenvalue weighted by molar-refractivity contribution is 0.578. The molecule has 0 radical (unpaired) electrons. The smallest absolute Gasteiger partial charge is 0.119 e. The molecule has 2 aromatic carbocycles. The third kappa shape index (κ3) is 4.80. The highest BCUT2D eigenvalue weighted by molar-refractivity contribution is 7.98. The molecule has 3 nitrogen and oxygen atoms in total. The summed E-state index contributed by atoms with van der Waals surface area (Å²) in [5.74, 6) is 0.773. The van der Waals surface area contributed by atoms with E-state index in [1.54, 1.807) is 11.8 Å². The Hall–Kier alpha value is -1.75. The molecule has 0 amide bonds. The van der Waals surface area contributed by atoms with Crippen LogP contribution in [0.2, 0.25) is 10.0 Å². The average molecular weight is 430 g/mol. The quantitative estimate of drug-likeness (QED) is 0.420. The maximum atomic E-state index is 6.07. The van der Waals surface area contributed by atoms with Gasteiger partial charge >= 0.3 is 0 Å². The summed E-state index contributed by atoms with van der Waals surface area (Å²) in [6.45, 7) is 2.31. The molecule has 1 aliphatic rings. The van der Waals surface area contributed by atoms with Crippen LogP contribution in [-0.4, -0.2) is 23.3 Å². The van der Waals surface area contributed by atoms with Crippen LogP contribution in [0.1, 0.15) is 24.8 Å². The zero-order valence-electron chi connectivity index (χ0n) is 15.4. The summed E-state index contributed by atoms with van der Waals surface area (Å²) < 4.78 is 0. The molecule has 28 heavy (non-hydrogen) atoms. The molecule has 1 aromatic heterocycles. The molecule has 144 valence electrons. The number of benzene rings is 2. The first kappa shape index (κ1) is 19.6. The van der Waals surface area contributed by atoms with Crippen molar-refractivity contribution >= 4 is 40.7 Å². The fraction of sp³-hybridized carbons (Fsp3) is 0.273. The highest BCUT2D eigenvalue weighted by Crippen LogP contribution is 2.28. The van der Waals surface area contributed by atoms with E-state index >= 15 is 0 Å². The summed E-state index contributed by atoms with van der Waals surface area (Å²) in [4.78, 5) is 2.46. The number of anilines is 1. The van der Waals surface area contributed by atoms with E-state index < -0.39 is 0 Å². The summed E-state index contributed by atoms with van der Waals surface area (Å²) in [6.07, 6.45) is 3.92. The van der Waals surface area contributed by atoms with Crippen LogP contribution in [-0.2, 0) is 5.75 Å². The van der Waals surface area contributed by atoms with Gasteiger partial charge in [0, 0.05) is 30.1 Å². The topological polar surface area (TPSA) is 29.0 Å². The van der Waals surface area contributed by atoms with Crippen LogP contribution in [0.15, 0.2) is 59.6 Å². The Morgan fingerprint density at radius 3 is 2.29 bits per heavy atom. The van der Waals surface area contributed by atoms with Gasteiger partial charge in [0.25, 0.3) is 0 Å². The molecule has 2 heterocycles. The maximum absolute atomic E-state index is 6.07. The van der Waals surface area contributed by atoms with Gasteiger partial charge in [-0.05, 0) is 61.2 Å². The molecule has 6 heteroatoms. The molecular weight excluding hydrogens is 409 g/mol. The molecular formula is C22H21Cl2N3S. The van der Waals surface area contributed by atoms with Gasteiger partial charge in [0.05, 0.1) is 15.7 Å². The fourth-order valence-corrected chi connectivity index (χ4v) is 4.41. The van der Waals surface area contributed by atoms with Gasteiger partial charge in [-0.1, -0.05) is 53.2 Å². The second-order valence-electron chi connectivity index (χ2n) is 6.89. The summed E-state index contributed by atoms with van der Waals surface area (Å²) >= 11 is 13.7. The van der Waals surface area contributed by atoms with Crippen LogP contribution in [0.3, 0.4) is 0 Å². The van der Waals surface area contributed by atoms with E-state index in [-0.39, 0.29) is 0 Å². The van der Waals surface area contributed by atoms with Gasteiger partial charge in [-0.3, -0.25) is 0 Å².